The predicted octanol–water partition coefficient (Wildman–Crippen LogP) is 4.02. The Balaban J connectivity index is 1.71. The average molecular weight is 309 g/mol. The van der Waals surface area contributed by atoms with Crippen LogP contribution in [0.5, 0.6) is 0 Å². The molecular weight excluding hydrogens is 290 g/mol. The third kappa shape index (κ3) is 3.92. The van der Waals surface area contributed by atoms with E-state index in [2.05, 4.69) is 5.32 Å². The summed E-state index contributed by atoms with van der Waals surface area (Å²) in [6.45, 7) is 2.44. The zero-order valence-electron chi connectivity index (χ0n) is 13.0. The lowest BCUT2D eigenvalue weighted by atomic mass is 9.92. The van der Waals surface area contributed by atoms with Gasteiger partial charge in [-0.3, -0.25) is 4.79 Å². The smallest absolute Gasteiger partial charge is 0.221 e. The van der Waals surface area contributed by atoms with Gasteiger partial charge in [0.2, 0.25) is 5.91 Å². The molecule has 1 N–H and O–H groups in total. The van der Waals surface area contributed by atoms with Gasteiger partial charge < -0.3 is 14.2 Å². The van der Waals surface area contributed by atoms with Crippen molar-refractivity contribution in [2.24, 2.45) is 0 Å². The Morgan fingerprint density at radius 1 is 1.04 bits per heavy atom. The van der Waals surface area contributed by atoms with Gasteiger partial charge in [0.05, 0.1) is 25.0 Å². The molecule has 0 saturated carbocycles. The van der Waals surface area contributed by atoms with Gasteiger partial charge in [0.15, 0.2) is 0 Å². The van der Waals surface area contributed by atoms with E-state index in [1.54, 1.807) is 18.6 Å². The summed E-state index contributed by atoms with van der Waals surface area (Å²) < 4.78 is 10.8. The van der Waals surface area contributed by atoms with Crippen molar-refractivity contribution in [3.63, 3.8) is 0 Å². The Morgan fingerprint density at radius 3 is 2.43 bits per heavy atom. The second-order valence-corrected chi connectivity index (χ2v) is 5.54. The number of benzene rings is 1. The van der Waals surface area contributed by atoms with E-state index in [1.165, 1.54) is 5.56 Å². The highest BCUT2D eigenvalue weighted by molar-refractivity contribution is 5.77. The molecule has 0 aliphatic carbocycles. The Kier molecular flexibility index (Phi) is 4.62. The van der Waals surface area contributed by atoms with Gasteiger partial charge in [-0.1, -0.05) is 29.8 Å². The number of amides is 1. The number of hydrogen-bond donors (Lipinski definition) is 1. The second-order valence-electron chi connectivity index (χ2n) is 5.54. The molecule has 0 radical (unpaired) electrons. The maximum absolute atomic E-state index is 12.3. The Morgan fingerprint density at radius 2 is 1.78 bits per heavy atom. The SMILES string of the molecule is Cc1ccc([C@@H](CC(=O)NCc2ccco2)c2ccco2)cc1. The lowest BCUT2D eigenvalue weighted by Crippen LogP contribution is -2.24. The number of carbonyl (C=O) groups is 1. The number of nitrogens with one attached hydrogen (secondary N) is 1. The molecule has 0 fully saturated rings. The molecular formula is C19H19NO3. The van der Waals surface area contributed by atoms with Crippen molar-refractivity contribution in [3.05, 3.63) is 83.7 Å². The highest BCUT2D eigenvalue weighted by Crippen LogP contribution is 2.28. The van der Waals surface area contributed by atoms with Gasteiger partial charge in [-0.05, 0) is 36.8 Å². The third-order valence-electron chi connectivity index (χ3n) is 3.80. The van der Waals surface area contributed by atoms with Gasteiger partial charge >= 0.3 is 0 Å². The molecule has 0 aliphatic rings. The van der Waals surface area contributed by atoms with E-state index in [0.717, 1.165) is 17.1 Å². The number of hydrogen-bond acceptors (Lipinski definition) is 3. The van der Waals surface area contributed by atoms with E-state index >= 15 is 0 Å². The molecule has 0 saturated heterocycles. The third-order valence-corrected chi connectivity index (χ3v) is 3.80. The topological polar surface area (TPSA) is 55.4 Å². The molecule has 118 valence electrons. The van der Waals surface area contributed by atoms with E-state index in [4.69, 9.17) is 8.83 Å². The molecule has 0 spiro atoms. The minimum absolute atomic E-state index is 0.0385. The molecule has 4 nitrogen and oxygen atoms in total. The normalized spacial score (nSPS) is 12.0. The molecule has 0 aliphatic heterocycles. The van der Waals surface area contributed by atoms with E-state index in [9.17, 15) is 4.79 Å². The highest BCUT2D eigenvalue weighted by atomic mass is 16.3. The maximum Gasteiger partial charge on any atom is 0.221 e. The molecule has 1 amide bonds. The van der Waals surface area contributed by atoms with Crippen LogP contribution in [0, 0.1) is 6.92 Å². The molecule has 0 bridgehead atoms. The first kappa shape index (κ1) is 15.2. The summed E-state index contributed by atoms with van der Waals surface area (Å²) >= 11 is 0. The zero-order valence-corrected chi connectivity index (χ0v) is 13.0. The van der Waals surface area contributed by atoms with Crippen LogP contribution in [-0.2, 0) is 11.3 Å². The van der Waals surface area contributed by atoms with Gasteiger partial charge in [0.25, 0.3) is 0 Å². The molecule has 23 heavy (non-hydrogen) atoms. The monoisotopic (exact) mass is 309 g/mol. The summed E-state index contributed by atoms with van der Waals surface area (Å²) in [5.74, 6) is 1.40. The van der Waals surface area contributed by atoms with Gasteiger partial charge in [0, 0.05) is 6.42 Å². The quantitative estimate of drug-likeness (QED) is 0.748. The van der Waals surface area contributed by atoms with Crippen LogP contribution in [-0.4, -0.2) is 5.91 Å². The molecule has 2 aromatic heterocycles. The summed E-state index contributed by atoms with van der Waals surface area (Å²) in [5, 5.41) is 2.88. The molecule has 3 rings (SSSR count). The minimum Gasteiger partial charge on any atom is -0.469 e. The summed E-state index contributed by atoms with van der Waals surface area (Å²) in [7, 11) is 0. The second kappa shape index (κ2) is 7.01. The minimum atomic E-state index is -0.0952. The fourth-order valence-corrected chi connectivity index (χ4v) is 2.53. The zero-order chi connectivity index (χ0) is 16.1. The van der Waals surface area contributed by atoms with Crippen LogP contribution in [0.25, 0.3) is 0 Å². The molecule has 2 heterocycles. The van der Waals surface area contributed by atoms with E-state index < -0.39 is 0 Å². The van der Waals surface area contributed by atoms with E-state index in [0.29, 0.717) is 13.0 Å². The highest BCUT2D eigenvalue weighted by Gasteiger charge is 2.20. The number of aryl methyl sites for hydroxylation is 1. The number of rotatable bonds is 6. The largest absolute Gasteiger partial charge is 0.469 e. The van der Waals surface area contributed by atoms with Gasteiger partial charge in [-0.25, -0.2) is 0 Å². The molecule has 1 aromatic carbocycles. The van der Waals surface area contributed by atoms with Crippen LogP contribution in [0.4, 0.5) is 0 Å². The van der Waals surface area contributed by atoms with Crippen molar-refractivity contribution >= 4 is 5.91 Å². The van der Waals surface area contributed by atoms with Crippen molar-refractivity contribution < 1.29 is 13.6 Å². The molecule has 0 unspecified atom stereocenters. The first-order chi connectivity index (χ1) is 11.2. The standard InChI is InChI=1S/C19H19NO3/c1-14-6-8-15(9-7-14)17(18-5-3-11-23-18)12-19(21)20-13-16-4-2-10-22-16/h2-11,17H,12-13H2,1H3,(H,20,21)/t17-/m1/s1. The Labute approximate surface area is 135 Å². The average Bonchev–Trinajstić information content (AvgIpc) is 3.25. The predicted molar refractivity (Wildman–Crippen MR) is 86.9 cm³/mol. The van der Waals surface area contributed by atoms with Crippen LogP contribution < -0.4 is 5.32 Å². The summed E-state index contributed by atoms with van der Waals surface area (Å²) in [5.41, 5.74) is 2.26. The van der Waals surface area contributed by atoms with E-state index in [-0.39, 0.29) is 11.8 Å². The molecule has 3 aromatic rings. The van der Waals surface area contributed by atoms with Crippen molar-refractivity contribution in [3.8, 4) is 0 Å². The van der Waals surface area contributed by atoms with Crippen LogP contribution in [0.15, 0.2) is 69.9 Å². The van der Waals surface area contributed by atoms with Crippen molar-refractivity contribution in [1.29, 1.82) is 0 Å². The molecule has 4 heteroatoms. The maximum atomic E-state index is 12.3. The summed E-state index contributed by atoms with van der Waals surface area (Å²) in [4.78, 5) is 12.3. The lowest BCUT2D eigenvalue weighted by Gasteiger charge is -2.15. The van der Waals surface area contributed by atoms with E-state index in [1.807, 2.05) is 49.4 Å². The first-order valence-corrected chi connectivity index (χ1v) is 7.61. The first-order valence-electron chi connectivity index (χ1n) is 7.61. The lowest BCUT2D eigenvalue weighted by molar-refractivity contribution is -0.121. The van der Waals surface area contributed by atoms with Gasteiger partial charge in [-0.2, -0.15) is 0 Å². The number of furan rings is 2. The van der Waals surface area contributed by atoms with Crippen molar-refractivity contribution in [2.45, 2.75) is 25.8 Å². The van der Waals surface area contributed by atoms with Gasteiger partial charge in [-0.15, -0.1) is 0 Å². The number of carbonyl (C=O) groups excluding carboxylic acids is 1. The Bertz CT molecular complexity index is 728. The summed E-state index contributed by atoms with van der Waals surface area (Å²) in [6, 6.07) is 15.6. The fourth-order valence-electron chi connectivity index (χ4n) is 2.53. The van der Waals surface area contributed by atoms with Crippen molar-refractivity contribution in [1.82, 2.24) is 5.32 Å². The van der Waals surface area contributed by atoms with Crippen LogP contribution >= 0.6 is 0 Å². The van der Waals surface area contributed by atoms with Gasteiger partial charge in [0.1, 0.15) is 11.5 Å². The van der Waals surface area contributed by atoms with Crippen LogP contribution in [0.1, 0.15) is 35.0 Å². The van der Waals surface area contributed by atoms with Crippen LogP contribution in [0.2, 0.25) is 0 Å². The van der Waals surface area contributed by atoms with Crippen molar-refractivity contribution in [2.75, 3.05) is 0 Å². The van der Waals surface area contributed by atoms with Crippen LogP contribution in [0.3, 0.4) is 0 Å². The fraction of sp³-hybridized carbons (Fsp3) is 0.211. The molecule has 1 atom stereocenters. The Hall–Kier alpha value is -2.75. The summed E-state index contributed by atoms with van der Waals surface area (Å²) in [6.07, 6.45) is 3.56.